The van der Waals surface area contributed by atoms with Gasteiger partial charge in [-0.05, 0) is 61.5 Å². The lowest BCUT2D eigenvalue weighted by Crippen LogP contribution is -2.61. The van der Waals surface area contributed by atoms with Crippen molar-refractivity contribution in [3.05, 3.63) is 21.9 Å². The number of hydrogen-bond acceptors (Lipinski definition) is 3. The lowest BCUT2D eigenvalue weighted by molar-refractivity contribution is -0.143. The standard InChI is InChI=1S/C15H20N2OS/c16-15(6-1-7-15)14(18)17-8-4-12-11(5-9-19-12)13(17)10-2-3-10/h5,9-10,13H,1-4,6-8,16H2. The number of thiophene rings is 1. The van der Waals surface area contributed by atoms with Gasteiger partial charge in [0, 0.05) is 11.4 Å². The number of amides is 1. The van der Waals surface area contributed by atoms with Gasteiger partial charge in [-0.25, -0.2) is 0 Å². The molecule has 2 saturated carbocycles. The number of nitrogens with two attached hydrogens (primary N) is 1. The monoisotopic (exact) mass is 276 g/mol. The summed E-state index contributed by atoms with van der Waals surface area (Å²) in [5.41, 5.74) is 7.14. The van der Waals surface area contributed by atoms with Crippen LogP contribution in [0.5, 0.6) is 0 Å². The summed E-state index contributed by atoms with van der Waals surface area (Å²) >= 11 is 1.85. The zero-order valence-electron chi connectivity index (χ0n) is 11.1. The largest absolute Gasteiger partial charge is 0.333 e. The quantitative estimate of drug-likeness (QED) is 0.902. The minimum absolute atomic E-state index is 0.215. The van der Waals surface area contributed by atoms with Crippen molar-refractivity contribution in [2.24, 2.45) is 11.7 Å². The summed E-state index contributed by atoms with van der Waals surface area (Å²) < 4.78 is 0. The zero-order valence-corrected chi connectivity index (χ0v) is 11.9. The molecule has 0 radical (unpaired) electrons. The van der Waals surface area contributed by atoms with Gasteiger partial charge < -0.3 is 10.6 Å². The summed E-state index contributed by atoms with van der Waals surface area (Å²) in [5, 5.41) is 2.18. The lowest BCUT2D eigenvalue weighted by atomic mass is 9.76. The molecule has 1 aromatic heterocycles. The molecule has 2 aliphatic carbocycles. The molecule has 0 saturated heterocycles. The van der Waals surface area contributed by atoms with Gasteiger partial charge in [0.05, 0.1) is 11.6 Å². The first-order valence-corrected chi connectivity index (χ1v) is 8.23. The van der Waals surface area contributed by atoms with Gasteiger partial charge in [0.25, 0.3) is 0 Å². The Hall–Kier alpha value is -0.870. The summed E-state index contributed by atoms with van der Waals surface area (Å²) in [6.07, 6.45) is 6.39. The fraction of sp³-hybridized carbons (Fsp3) is 0.667. The van der Waals surface area contributed by atoms with Gasteiger partial charge in [0.1, 0.15) is 0 Å². The van der Waals surface area contributed by atoms with Crippen LogP contribution in [0.1, 0.15) is 48.6 Å². The van der Waals surface area contributed by atoms with Crippen LogP contribution in [-0.4, -0.2) is 22.9 Å². The van der Waals surface area contributed by atoms with E-state index in [0.717, 1.165) is 32.2 Å². The average molecular weight is 276 g/mol. The molecule has 3 aliphatic rings. The van der Waals surface area contributed by atoms with Gasteiger partial charge in [-0.2, -0.15) is 0 Å². The molecule has 0 bridgehead atoms. The first-order chi connectivity index (χ1) is 9.19. The normalized spacial score (nSPS) is 28.7. The van der Waals surface area contributed by atoms with Crippen molar-refractivity contribution in [1.82, 2.24) is 4.90 Å². The van der Waals surface area contributed by atoms with Crippen LogP contribution in [0.15, 0.2) is 11.4 Å². The Kier molecular flexibility index (Phi) is 2.55. The summed E-state index contributed by atoms with van der Waals surface area (Å²) in [6, 6.07) is 2.55. The molecule has 1 atom stereocenters. The molecule has 4 heteroatoms. The molecule has 19 heavy (non-hydrogen) atoms. The van der Waals surface area contributed by atoms with Crippen molar-refractivity contribution in [2.75, 3.05) is 6.54 Å². The van der Waals surface area contributed by atoms with E-state index in [9.17, 15) is 4.79 Å². The molecule has 3 nitrogen and oxygen atoms in total. The number of carbonyl (C=O) groups is 1. The Morgan fingerprint density at radius 3 is 2.84 bits per heavy atom. The van der Waals surface area contributed by atoms with E-state index in [4.69, 9.17) is 5.73 Å². The third-order valence-electron chi connectivity index (χ3n) is 5.02. The Balaban J connectivity index is 1.66. The van der Waals surface area contributed by atoms with Crippen molar-refractivity contribution in [1.29, 1.82) is 0 Å². The molecule has 0 spiro atoms. The minimum atomic E-state index is -0.541. The summed E-state index contributed by atoms with van der Waals surface area (Å²) in [5.74, 6) is 0.897. The van der Waals surface area contributed by atoms with E-state index < -0.39 is 5.54 Å². The first kappa shape index (κ1) is 11.9. The maximum atomic E-state index is 12.8. The van der Waals surface area contributed by atoms with Gasteiger partial charge in [0.2, 0.25) is 5.91 Å². The number of carbonyl (C=O) groups excluding carboxylic acids is 1. The molecule has 1 unspecified atom stereocenters. The van der Waals surface area contributed by atoms with E-state index >= 15 is 0 Å². The maximum Gasteiger partial charge on any atom is 0.243 e. The molecule has 4 rings (SSSR count). The molecule has 102 valence electrons. The number of hydrogen-bond donors (Lipinski definition) is 1. The number of fused-ring (bicyclic) bond motifs is 1. The topological polar surface area (TPSA) is 46.3 Å². The molecular formula is C15H20N2OS. The molecule has 1 aromatic rings. The van der Waals surface area contributed by atoms with Crippen LogP contribution in [-0.2, 0) is 11.2 Å². The van der Waals surface area contributed by atoms with Crippen LogP contribution < -0.4 is 5.73 Å². The van der Waals surface area contributed by atoms with Crippen molar-refractivity contribution >= 4 is 17.2 Å². The third-order valence-corrected chi connectivity index (χ3v) is 6.01. The van der Waals surface area contributed by atoms with E-state index in [1.807, 2.05) is 11.3 Å². The van der Waals surface area contributed by atoms with Crippen LogP contribution in [0, 0.1) is 5.92 Å². The maximum absolute atomic E-state index is 12.8. The third kappa shape index (κ3) is 1.77. The summed E-state index contributed by atoms with van der Waals surface area (Å²) in [6.45, 7) is 0.868. The van der Waals surface area contributed by atoms with Gasteiger partial charge in [-0.1, -0.05) is 0 Å². The second-order valence-corrected chi connectivity index (χ2v) is 7.34. The van der Waals surface area contributed by atoms with E-state index in [0.29, 0.717) is 12.0 Å². The Morgan fingerprint density at radius 1 is 1.42 bits per heavy atom. The Labute approximate surface area is 117 Å². The smallest absolute Gasteiger partial charge is 0.243 e. The van der Waals surface area contributed by atoms with E-state index in [1.165, 1.54) is 23.3 Å². The van der Waals surface area contributed by atoms with E-state index in [2.05, 4.69) is 16.3 Å². The molecule has 2 heterocycles. The fourth-order valence-electron chi connectivity index (χ4n) is 3.55. The molecule has 1 amide bonds. The van der Waals surface area contributed by atoms with Gasteiger partial charge in [-0.15, -0.1) is 11.3 Å². The fourth-order valence-corrected chi connectivity index (χ4v) is 4.46. The van der Waals surface area contributed by atoms with E-state index in [-0.39, 0.29) is 5.91 Å². The Morgan fingerprint density at radius 2 is 2.21 bits per heavy atom. The molecule has 0 aromatic carbocycles. The zero-order chi connectivity index (χ0) is 13.0. The lowest BCUT2D eigenvalue weighted by Gasteiger charge is -2.45. The average Bonchev–Trinajstić information content (AvgIpc) is 3.10. The highest BCUT2D eigenvalue weighted by atomic mass is 32.1. The van der Waals surface area contributed by atoms with Gasteiger partial charge in [-0.3, -0.25) is 4.79 Å². The SMILES string of the molecule is NC1(C(=O)N2CCc3sccc3C2C2CC2)CCC1. The van der Waals surface area contributed by atoms with Crippen molar-refractivity contribution in [3.63, 3.8) is 0 Å². The Bertz CT molecular complexity index is 516. The number of rotatable bonds is 2. The van der Waals surface area contributed by atoms with Crippen LogP contribution in [0.25, 0.3) is 0 Å². The predicted octanol–water partition coefficient (Wildman–Crippen LogP) is 2.47. The highest BCUT2D eigenvalue weighted by Crippen LogP contribution is 2.49. The van der Waals surface area contributed by atoms with Gasteiger partial charge >= 0.3 is 0 Å². The van der Waals surface area contributed by atoms with Crippen LogP contribution in [0.4, 0.5) is 0 Å². The van der Waals surface area contributed by atoms with Gasteiger partial charge in [0.15, 0.2) is 0 Å². The highest BCUT2D eigenvalue weighted by molar-refractivity contribution is 7.10. The van der Waals surface area contributed by atoms with Crippen LogP contribution in [0.3, 0.4) is 0 Å². The first-order valence-electron chi connectivity index (χ1n) is 7.35. The summed E-state index contributed by atoms with van der Waals surface area (Å²) in [7, 11) is 0. The molecule has 2 fully saturated rings. The van der Waals surface area contributed by atoms with E-state index in [1.54, 1.807) is 0 Å². The molecule has 2 N–H and O–H groups in total. The van der Waals surface area contributed by atoms with Crippen molar-refractivity contribution < 1.29 is 4.79 Å². The molecular weight excluding hydrogens is 256 g/mol. The van der Waals surface area contributed by atoms with Crippen molar-refractivity contribution in [2.45, 2.75) is 50.1 Å². The predicted molar refractivity (Wildman–Crippen MR) is 76.0 cm³/mol. The highest BCUT2D eigenvalue weighted by Gasteiger charge is 2.48. The van der Waals surface area contributed by atoms with Crippen LogP contribution >= 0.6 is 11.3 Å². The second-order valence-electron chi connectivity index (χ2n) is 6.34. The number of nitrogens with zero attached hydrogens (tertiary/aromatic N) is 1. The van der Waals surface area contributed by atoms with Crippen LogP contribution in [0.2, 0.25) is 0 Å². The van der Waals surface area contributed by atoms with Crippen molar-refractivity contribution in [3.8, 4) is 0 Å². The summed E-state index contributed by atoms with van der Waals surface area (Å²) in [4.78, 5) is 16.4. The second kappa shape index (κ2) is 4.06. The molecule has 1 aliphatic heterocycles. The minimum Gasteiger partial charge on any atom is -0.333 e.